The highest BCUT2D eigenvalue weighted by Crippen LogP contribution is 2.37. The maximum absolute atomic E-state index is 9.01. The van der Waals surface area contributed by atoms with Crippen molar-refractivity contribution in [2.24, 2.45) is 0 Å². The number of hydrogen-bond acceptors (Lipinski definition) is 4. The molecule has 1 aliphatic rings. The number of aliphatic hydroxyl groups is 2. The van der Waals surface area contributed by atoms with Gasteiger partial charge in [0.1, 0.15) is 0 Å². The van der Waals surface area contributed by atoms with Gasteiger partial charge >= 0.3 is 0 Å². The molecule has 1 unspecified atom stereocenters. The minimum atomic E-state index is -0.221. The maximum Gasteiger partial charge on any atom is 0.0607 e. The van der Waals surface area contributed by atoms with Crippen LogP contribution < -0.4 is 5.32 Å². The van der Waals surface area contributed by atoms with Crippen LogP contribution in [0.25, 0.3) is 0 Å². The molecule has 1 aliphatic heterocycles. The zero-order valence-corrected chi connectivity index (χ0v) is 9.20. The van der Waals surface area contributed by atoms with E-state index in [1.54, 1.807) is 0 Å². The summed E-state index contributed by atoms with van der Waals surface area (Å²) in [5.41, 5.74) is 1.27. The van der Waals surface area contributed by atoms with Crippen molar-refractivity contribution in [3.8, 4) is 0 Å². The predicted octanol–water partition coefficient (Wildman–Crippen LogP) is 0.776. The molecule has 0 saturated carbocycles. The molecule has 0 saturated heterocycles. The first-order chi connectivity index (χ1) is 7.35. The lowest BCUT2D eigenvalue weighted by Gasteiger charge is -2.19. The molecule has 1 heterocycles. The minimum Gasteiger partial charge on any atom is -0.395 e. The van der Waals surface area contributed by atoms with Gasteiger partial charge in [0.15, 0.2) is 0 Å². The quantitative estimate of drug-likeness (QED) is 0.708. The summed E-state index contributed by atoms with van der Waals surface area (Å²) in [6, 6.07) is 8.28. The van der Waals surface area contributed by atoms with Gasteiger partial charge in [-0.1, -0.05) is 18.2 Å². The Kier molecular flexibility index (Phi) is 3.64. The lowest BCUT2D eigenvalue weighted by atomic mass is 10.1. The molecule has 0 fully saturated rings. The van der Waals surface area contributed by atoms with Gasteiger partial charge in [0.05, 0.1) is 19.3 Å². The number of hydrogen-bond donors (Lipinski definition) is 3. The van der Waals surface area contributed by atoms with Crippen LogP contribution in [0, 0.1) is 0 Å². The molecule has 1 aromatic rings. The highest BCUT2D eigenvalue weighted by Gasteiger charge is 2.24. The van der Waals surface area contributed by atoms with Crippen LogP contribution >= 0.6 is 11.8 Å². The summed E-state index contributed by atoms with van der Waals surface area (Å²) in [4.78, 5) is 1.30. The third-order valence-electron chi connectivity index (χ3n) is 2.58. The number of aliphatic hydroxyl groups excluding tert-OH is 2. The molecule has 15 heavy (non-hydrogen) atoms. The molecular weight excluding hydrogens is 210 g/mol. The SMILES string of the molecule is OCC(CO)NC1CSc2ccccc21. The average Bonchev–Trinajstić information content (AvgIpc) is 2.69. The van der Waals surface area contributed by atoms with Crippen molar-refractivity contribution in [3.63, 3.8) is 0 Å². The van der Waals surface area contributed by atoms with Gasteiger partial charge in [0.2, 0.25) is 0 Å². The van der Waals surface area contributed by atoms with Crippen molar-refractivity contribution in [2.45, 2.75) is 17.0 Å². The molecule has 0 bridgehead atoms. The van der Waals surface area contributed by atoms with Gasteiger partial charge in [-0.05, 0) is 11.6 Å². The molecule has 0 radical (unpaired) electrons. The van der Waals surface area contributed by atoms with Gasteiger partial charge < -0.3 is 15.5 Å². The third kappa shape index (κ3) is 2.34. The first-order valence-corrected chi connectivity index (χ1v) is 6.03. The van der Waals surface area contributed by atoms with Crippen molar-refractivity contribution >= 4 is 11.8 Å². The molecule has 0 amide bonds. The Morgan fingerprint density at radius 3 is 2.80 bits per heavy atom. The van der Waals surface area contributed by atoms with Gasteiger partial charge in [0.25, 0.3) is 0 Å². The van der Waals surface area contributed by atoms with E-state index in [4.69, 9.17) is 10.2 Å². The van der Waals surface area contributed by atoms with Gasteiger partial charge in [0, 0.05) is 16.7 Å². The first-order valence-electron chi connectivity index (χ1n) is 5.04. The normalized spacial score (nSPS) is 19.5. The first kappa shape index (κ1) is 11.0. The highest BCUT2D eigenvalue weighted by molar-refractivity contribution is 7.99. The Labute approximate surface area is 93.5 Å². The molecule has 0 aromatic heterocycles. The molecule has 4 heteroatoms. The lowest BCUT2D eigenvalue weighted by molar-refractivity contribution is 0.164. The summed E-state index contributed by atoms with van der Waals surface area (Å²) in [7, 11) is 0. The second kappa shape index (κ2) is 4.99. The van der Waals surface area contributed by atoms with Crippen molar-refractivity contribution in [2.75, 3.05) is 19.0 Å². The average molecular weight is 225 g/mol. The summed E-state index contributed by atoms with van der Waals surface area (Å²) in [5.74, 6) is 0.968. The summed E-state index contributed by atoms with van der Waals surface area (Å²) in [6.45, 7) is -0.0559. The number of benzene rings is 1. The molecular formula is C11H15NO2S. The maximum atomic E-state index is 9.01. The van der Waals surface area contributed by atoms with E-state index >= 15 is 0 Å². The fourth-order valence-corrected chi connectivity index (χ4v) is 2.92. The summed E-state index contributed by atoms with van der Waals surface area (Å²) < 4.78 is 0. The Bertz CT molecular complexity index is 328. The van der Waals surface area contributed by atoms with Crippen molar-refractivity contribution in [3.05, 3.63) is 29.8 Å². The third-order valence-corrected chi connectivity index (χ3v) is 3.76. The van der Waals surface area contributed by atoms with Crippen molar-refractivity contribution in [1.29, 1.82) is 0 Å². The monoisotopic (exact) mass is 225 g/mol. The van der Waals surface area contributed by atoms with E-state index < -0.39 is 0 Å². The van der Waals surface area contributed by atoms with E-state index in [9.17, 15) is 0 Å². The molecule has 2 rings (SSSR count). The van der Waals surface area contributed by atoms with E-state index in [1.807, 2.05) is 23.9 Å². The van der Waals surface area contributed by atoms with E-state index in [-0.39, 0.29) is 25.3 Å². The topological polar surface area (TPSA) is 52.5 Å². The molecule has 1 atom stereocenters. The largest absolute Gasteiger partial charge is 0.395 e. The second-order valence-electron chi connectivity index (χ2n) is 3.63. The Morgan fingerprint density at radius 2 is 2.07 bits per heavy atom. The Hall–Kier alpha value is -0.550. The summed E-state index contributed by atoms with van der Waals surface area (Å²) in [5, 5.41) is 21.3. The smallest absolute Gasteiger partial charge is 0.0607 e. The van der Waals surface area contributed by atoms with Crippen molar-refractivity contribution in [1.82, 2.24) is 5.32 Å². The van der Waals surface area contributed by atoms with Crippen LogP contribution in [-0.4, -0.2) is 35.2 Å². The van der Waals surface area contributed by atoms with E-state index in [1.165, 1.54) is 10.5 Å². The van der Waals surface area contributed by atoms with Crippen LogP contribution in [0.3, 0.4) is 0 Å². The van der Waals surface area contributed by atoms with Gasteiger partial charge in [-0.2, -0.15) is 0 Å². The highest BCUT2D eigenvalue weighted by atomic mass is 32.2. The van der Waals surface area contributed by atoms with Crippen LogP contribution in [0.2, 0.25) is 0 Å². The minimum absolute atomic E-state index is 0.0279. The summed E-state index contributed by atoms with van der Waals surface area (Å²) in [6.07, 6.45) is 0. The van der Waals surface area contributed by atoms with Gasteiger partial charge in [-0.25, -0.2) is 0 Å². The lowest BCUT2D eigenvalue weighted by Crippen LogP contribution is -2.38. The van der Waals surface area contributed by atoms with Crippen LogP contribution in [-0.2, 0) is 0 Å². The zero-order chi connectivity index (χ0) is 10.7. The van der Waals surface area contributed by atoms with E-state index in [0.717, 1.165) is 5.75 Å². The number of nitrogens with one attached hydrogen (secondary N) is 1. The van der Waals surface area contributed by atoms with Gasteiger partial charge in [-0.15, -0.1) is 11.8 Å². The Balaban J connectivity index is 2.07. The fraction of sp³-hybridized carbons (Fsp3) is 0.455. The molecule has 1 aromatic carbocycles. The zero-order valence-electron chi connectivity index (χ0n) is 8.39. The molecule has 0 spiro atoms. The standard InChI is InChI=1S/C11H15NO2S/c13-5-8(6-14)12-10-7-15-11-4-2-1-3-9(10)11/h1-4,8,10,12-14H,5-7H2. The fourth-order valence-electron chi connectivity index (χ4n) is 1.75. The molecule has 82 valence electrons. The summed E-state index contributed by atoms with van der Waals surface area (Å²) >= 11 is 1.81. The number of rotatable bonds is 4. The van der Waals surface area contributed by atoms with E-state index in [0.29, 0.717) is 0 Å². The Morgan fingerprint density at radius 1 is 1.33 bits per heavy atom. The predicted molar refractivity (Wildman–Crippen MR) is 61.0 cm³/mol. The van der Waals surface area contributed by atoms with Gasteiger partial charge in [-0.3, -0.25) is 0 Å². The molecule has 0 aliphatic carbocycles. The van der Waals surface area contributed by atoms with Crippen LogP contribution in [0.15, 0.2) is 29.2 Å². The van der Waals surface area contributed by atoms with Crippen LogP contribution in [0.5, 0.6) is 0 Å². The van der Waals surface area contributed by atoms with Crippen LogP contribution in [0.1, 0.15) is 11.6 Å². The van der Waals surface area contributed by atoms with Crippen molar-refractivity contribution < 1.29 is 10.2 Å². The number of fused-ring (bicyclic) bond motifs is 1. The number of thioether (sulfide) groups is 1. The molecule has 3 nitrogen and oxygen atoms in total. The van der Waals surface area contributed by atoms with E-state index in [2.05, 4.69) is 17.4 Å². The second-order valence-corrected chi connectivity index (χ2v) is 4.69. The van der Waals surface area contributed by atoms with Crippen LogP contribution in [0.4, 0.5) is 0 Å². The molecule has 3 N–H and O–H groups in total.